The largest absolute Gasteiger partial charge is 0.397 e. The van der Waals surface area contributed by atoms with Crippen LogP contribution >= 0.6 is 0 Å². The first-order valence-electron chi connectivity index (χ1n) is 5.54. The van der Waals surface area contributed by atoms with E-state index in [0.29, 0.717) is 12.1 Å². The third-order valence-electron chi connectivity index (χ3n) is 3.25. The van der Waals surface area contributed by atoms with Crippen molar-refractivity contribution in [2.75, 3.05) is 29.2 Å². The molecule has 0 radical (unpaired) electrons. The monoisotopic (exact) mass is 255 g/mol. The maximum absolute atomic E-state index is 11.4. The average Bonchev–Trinajstić information content (AvgIpc) is 2.62. The van der Waals surface area contributed by atoms with Gasteiger partial charge in [0, 0.05) is 13.1 Å². The topological polar surface area (TPSA) is 76.3 Å². The van der Waals surface area contributed by atoms with Crippen molar-refractivity contribution in [3.63, 3.8) is 0 Å². The van der Waals surface area contributed by atoms with Crippen LogP contribution in [0.5, 0.6) is 0 Å². The van der Waals surface area contributed by atoms with Crippen LogP contribution in [0.4, 0.5) is 11.5 Å². The van der Waals surface area contributed by atoms with Gasteiger partial charge in [-0.1, -0.05) is 0 Å². The Morgan fingerprint density at radius 3 is 2.76 bits per heavy atom. The summed E-state index contributed by atoms with van der Waals surface area (Å²) in [5.41, 5.74) is 7.32. The van der Waals surface area contributed by atoms with E-state index in [1.54, 1.807) is 6.20 Å². The third-order valence-corrected chi connectivity index (χ3v) is 5.00. The summed E-state index contributed by atoms with van der Waals surface area (Å²) in [6.45, 7) is 1.92. The third kappa shape index (κ3) is 2.52. The molecule has 1 atom stereocenters. The lowest BCUT2D eigenvalue weighted by Crippen LogP contribution is -2.33. The quantitative estimate of drug-likeness (QED) is 0.837. The van der Waals surface area contributed by atoms with E-state index in [0.717, 1.165) is 11.4 Å². The van der Waals surface area contributed by atoms with Crippen LogP contribution < -0.4 is 10.6 Å². The predicted molar refractivity (Wildman–Crippen MR) is 68.8 cm³/mol. The maximum atomic E-state index is 11.4. The van der Waals surface area contributed by atoms with Gasteiger partial charge >= 0.3 is 0 Å². The summed E-state index contributed by atoms with van der Waals surface area (Å²) in [7, 11) is -0.982. The Hall–Kier alpha value is -1.30. The molecule has 1 fully saturated rings. The number of aromatic nitrogens is 1. The van der Waals surface area contributed by atoms with Gasteiger partial charge in [-0.15, -0.1) is 0 Å². The van der Waals surface area contributed by atoms with Crippen molar-refractivity contribution in [2.45, 2.75) is 19.4 Å². The molecule has 5 nitrogen and oxygen atoms in total. The van der Waals surface area contributed by atoms with Gasteiger partial charge in [-0.05, 0) is 25.0 Å². The Kier molecular flexibility index (Phi) is 2.99. The number of rotatable bonds is 2. The Labute approximate surface area is 102 Å². The van der Waals surface area contributed by atoms with E-state index in [4.69, 9.17) is 5.73 Å². The molecule has 0 amide bonds. The highest BCUT2D eigenvalue weighted by Gasteiger charge is 2.31. The van der Waals surface area contributed by atoms with E-state index in [9.17, 15) is 8.42 Å². The zero-order valence-electron chi connectivity index (χ0n) is 10.0. The molecule has 94 valence electrons. The molecule has 17 heavy (non-hydrogen) atoms. The number of hydrogen-bond acceptors (Lipinski definition) is 5. The van der Waals surface area contributed by atoms with Gasteiger partial charge in [0.05, 0.1) is 23.4 Å². The first-order chi connectivity index (χ1) is 7.89. The summed E-state index contributed by atoms with van der Waals surface area (Å²) in [6, 6.07) is 1.91. The lowest BCUT2D eigenvalue weighted by Gasteiger charge is -2.24. The molecule has 1 saturated heterocycles. The highest BCUT2D eigenvalue weighted by atomic mass is 32.2. The maximum Gasteiger partial charge on any atom is 0.152 e. The summed E-state index contributed by atoms with van der Waals surface area (Å²) in [6.07, 6.45) is 2.29. The van der Waals surface area contributed by atoms with Gasteiger partial charge in [0.15, 0.2) is 9.84 Å². The fourth-order valence-electron chi connectivity index (χ4n) is 2.01. The molecule has 0 spiro atoms. The first kappa shape index (κ1) is 12.2. The Bertz CT molecular complexity index is 528. The van der Waals surface area contributed by atoms with Crippen molar-refractivity contribution in [1.82, 2.24) is 4.98 Å². The fraction of sp³-hybridized carbons (Fsp3) is 0.545. The van der Waals surface area contributed by atoms with E-state index in [1.165, 1.54) is 0 Å². The lowest BCUT2D eigenvalue weighted by atomic mass is 10.2. The molecule has 2 N–H and O–H groups in total. The van der Waals surface area contributed by atoms with Crippen LogP contribution in [-0.2, 0) is 9.84 Å². The summed E-state index contributed by atoms with van der Waals surface area (Å²) in [4.78, 5) is 6.17. The molecule has 1 unspecified atom stereocenters. The van der Waals surface area contributed by atoms with Crippen molar-refractivity contribution < 1.29 is 8.42 Å². The van der Waals surface area contributed by atoms with E-state index in [1.807, 2.05) is 24.9 Å². The zero-order chi connectivity index (χ0) is 12.6. The molecule has 0 saturated carbocycles. The van der Waals surface area contributed by atoms with Gasteiger partial charge in [-0.3, -0.25) is 0 Å². The molecule has 2 rings (SSSR count). The summed E-state index contributed by atoms with van der Waals surface area (Å²) in [5.74, 6) is 1.27. The summed E-state index contributed by atoms with van der Waals surface area (Å²) < 4.78 is 22.9. The van der Waals surface area contributed by atoms with E-state index in [-0.39, 0.29) is 17.5 Å². The van der Waals surface area contributed by atoms with Gasteiger partial charge in [0.2, 0.25) is 0 Å². The van der Waals surface area contributed by atoms with E-state index in [2.05, 4.69) is 4.98 Å². The molecule has 0 aromatic carbocycles. The van der Waals surface area contributed by atoms with Crippen molar-refractivity contribution in [2.24, 2.45) is 0 Å². The minimum atomic E-state index is -2.86. The molecule has 1 aromatic rings. The van der Waals surface area contributed by atoms with Crippen LogP contribution in [0.1, 0.15) is 12.0 Å². The lowest BCUT2D eigenvalue weighted by molar-refractivity contribution is 0.600. The number of nitrogens with zero attached hydrogens (tertiary/aromatic N) is 2. The zero-order valence-corrected chi connectivity index (χ0v) is 10.9. The van der Waals surface area contributed by atoms with Gasteiger partial charge in [0.25, 0.3) is 0 Å². The van der Waals surface area contributed by atoms with Gasteiger partial charge < -0.3 is 10.6 Å². The summed E-state index contributed by atoms with van der Waals surface area (Å²) in [5, 5.41) is 0. The molecule has 1 aliphatic rings. The van der Waals surface area contributed by atoms with Crippen molar-refractivity contribution >= 4 is 21.3 Å². The number of anilines is 2. The molecule has 1 aromatic heterocycles. The molecule has 2 heterocycles. The highest BCUT2D eigenvalue weighted by molar-refractivity contribution is 7.91. The second-order valence-electron chi connectivity index (χ2n) is 4.57. The second-order valence-corrected chi connectivity index (χ2v) is 6.80. The van der Waals surface area contributed by atoms with Crippen LogP contribution in [0.15, 0.2) is 12.3 Å². The van der Waals surface area contributed by atoms with E-state index >= 15 is 0 Å². The van der Waals surface area contributed by atoms with Crippen LogP contribution in [-0.4, -0.2) is 38.0 Å². The second kappa shape index (κ2) is 4.18. The standard InChI is InChI=1S/C11H17N3O2S/c1-8-5-11(13-6-10(8)12)14(2)9-3-4-17(15,16)7-9/h5-6,9H,3-4,7,12H2,1-2H3. The van der Waals surface area contributed by atoms with Crippen molar-refractivity contribution in [1.29, 1.82) is 0 Å². The molecule has 0 aliphatic carbocycles. The number of pyridine rings is 1. The number of hydrogen-bond donors (Lipinski definition) is 1. The first-order valence-corrected chi connectivity index (χ1v) is 7.36. The fourth-order valence-corrected chi connectivity index (χ4v) is 3.79. The minimum Gasteiger partial charge on any atom is -0.397 e. The van der Waals surface area contributed by atoms with Crippen LogP contribution in [0.25, 0.3) is 0 Å². The smallest absolute Gasteiger partial charge is 0.152 e. The van der Waals surface area contributed by atoms with Gasteiger partial charge in [-0.25, -0.2) is 13.4 Å². The molecular weight excluding hydrogens is 238 g/mol. The van der Waals surface area contributed by atoms with Crippen molar-refractivity contribution in [3.05, 3.63) is 17.8 Å². The van der Waals surface area contributed by atoms with E-state index < -0.39 is 9.84 Å². The minimum absolute atomic E-state index is 0.0236. The number of aryl methyl sites for hydroxylation is 1. The van der Waals surface area contributed by atoms with Crippen LogP contribution in [0.2, 0.25) is 0 Å². The Balaban J connectivity index is 2.20. The Morgan fingerprint density at radius 1 is 1.53 bits per heavy atom. The number of nitrogen functional groups attached to an aromatic ring is 1. The molecule has 6 heteroatoms. The van der Waals surface area contributed by atoms with Crippen molar-refractivity contribution in [3.8, 4) is 0 Å². The van der Waals surface area contributed by atoms with Gasteiger partial charge in [0.1, 0.15) is 5.82 Å². The normalized spacial score (nSPS) is 22.6. The molecular formula is C11H17N3O2S. The summed E-state index contributed by atoms with van der Waals surface area (Å²) >= 11 is 0. The highest BCUT2D eigenvalue weighted by Crippen LogP contribution is 2.23. The number of sulfone groups is 1. The van der Waals surface area contributed by atoms with Crippen LogP contribution in [0, 0.1) is 6.92 Å². The van der Waals surface area contributed by atoms with Gasteiger partial charge in [-0.2, -0.15) is 0 Å². The SMILES string of the molecule is Cc1cc(N(C)C2CCS(=O)(=O)C2)ncc1N. The predicted octanol–water partition coefficient (Wildman–Crippen LogP) is 0.596. The Morgan fingerprint density at radius 2 is 2.24 bits per heavy atom. The molecule has 1 aliphatic heterocycles. The average molecular weight is 255 g/mol. The molecule has 0 bridgehead atoms. The number of nitrogens with two attached hydrogens (primary N) is 1. The van der Waals surface area contributed by atoms with Crippen LogP contribution in [0.3, 0.4) is 0 Å².